The summed E-state index contributed by atoms with van der Waals surface area (Å²) in [5, 5.41) is 88.3. The van der Waals surface area contributed by atoms with Crippen LogP contribution in [0.15, 0.2) is 71.9 Å². The highest BCUT2D eigenvalue weighted by atomic mass is 32.3. The molecule has 6 unspecified atom stereocenters. The van der Waals surface area contributed by atoms with Crippen LogP contribution in [0.25, 0.3) is 0 Å². The number of hydrogen-bond acceptors (Lipinski definition) is 28. The molecule has 24 atom stereocenters. The second-order valence-electron chi connectivity index (χ2n) is 28.5. The van der Waals surface area contributed by atoms with Gasteiger partial charge in [-0.1, -0.05) is 82.4 Å². The summed E-state index contributed by atoms with van der Waals surface area (Å²) in [5.41, 5.74) is -0.0775. The van der Waals surface area contributed by atoms with Gasteiger partial charge in [0.15, 0.2) is 17.2 Å². The Hall–Kier alpha value is -3.61. The van der Waals surface area contributed by atoms with Gasteiger partial charge in [0.25, 0.3) is 0 Å². The van der Waals surface area contributed by atoms with Gasteiger partial charge in [-0.2, -0.15) is 25.3 Å². The summed E-state index contributed by atoms with van der Waals surface area (Å²) in [6.07, 6.45) is -1.08. The van der Waals surface area contributed by atoms with Crippen LogP contribution in [0, 0.1) is 23.7 Å². The number of aliphatic hydroxyl groups is 8. The lowest BCUT2D eigenvalue weighted by Gasteiger charge is -2.51. The van der Waals surface area contributed by atoms with Gasteiger partial charge in [0.05, 0.1) is 75.1 Å². The monoisotopic (exact) mass is 1500 g/mol. The molecule has 31 nitrogen and oxygen atoms in total. The maximum absolute atomic E-state index is 13.4. The molecule has 0 aromatic carbocycles. The van der Waals surface area contributed by atoms with Crippen LogP contribution in [0.1, 0.15) is 164 Å². The Kier molecular flexibility index (Phi) is 30.4. The number of allylic oxidation sites excluding steroid dienone is 3. The smallest absolute Gasteiger partial charge is 0.397 e. The predicted octanol–water partition coefficient (Wildman–Crippen LogP) is 4.11. The number of rotatable bonds is 34. The summed E-state index contributed by atoms with van der Waals surface area (Å²) in [6, 6.07) is 0. The first-order valence-corrected chi connectivity index (χ1v) is 38.7. The third-order valence-electron chi connectivity index (χ3n) is 19.9. The van der Waals surface area contributed by atoms with E-state index in [-0.39, 0.29) is 87.6 Å². The van der Waals surface area contributed by atoms with Crippen molar-refractivity contribution >= 4 is 43.1 Å². The Balaban J connectivity index is 0.795. The van der Waals surface area contributed by atoms with E-state index in [1.165, 1.54) is 19.1 Å². The van der Waals surface area contributed by atoms with E-state index >= 15 is 0 Å². The topological polar surface area (TPSA) is 470 Å². The molecule has 0 amide bonds. The van der Waals surface area contributed by atoms with Gasteiger partial charge in [0.1, 0.15) is 55.4 Å². The molecule has 11 N–H and O–H groups in total. The van der Waals surface area contributed by atoms with Crippen molar-refractivity contribution in [3.05, 3.63) is 71.9 Å². The van der Waals surface area contributed by atoms with E-state index in [0.717, 1.165) is 31.3 Å². The summed E-state index contributed by atoms with van der Waals surface area (Å²) < 4.78 is 164. The van der Waals surface area contributed by atoms with Crippen molar-refractivity contribution in [2.24, 2.45) is 23.7 Å². The van der Waals surface area contributed by atoms with Crippen molar-refractivity contribution in [1.82, 2.24) is 0 Å². The number of fused-ring (bicyclic) bond motifs is 1. The highest BCUT2D eigenvalue weighted by Crippen LogP contribution is 2.49. The number of aliphatic hydroxyl groups excluding tert-OH is 7. The molecule has 0 bridgehead atoms. The van der Waals surface area contributed by atoms with Crippen molar-refractivity contribution in [2.75, 3.05) is 26.4 Å². The molecule has 101 heavy (non-hydrogen) atoms. The molecule has 578 valence electrons. The van der Waals surface area contributed by atoms with Gasteiger partial charge in [-0.05, 0) is 127 Å². The maximum atomic E-state index is 13.4. The Bertz CT molecular complexity index is 3270. The van der Waals surface area contributed by atoms with Crippen LogP contribution in [-0.2, 0) is 96.0 Å². The van der Waals surface area contributed by atoms with E-state index < -0.39 is 165 Å². The number of carbonyl (C=O) groups excluding carboxylic acids is 2. The SMILES string of the molecule is C=C1[C@@H](O)[C@@H]2O[C@]3(CC[C@H](/C=C/[C@@H](C)[C@@H]4CC(C)=C[C@@]5(O[C@H](C[C@@](C)(O)C(=O)OC/C(C)=C/C=C/CCOC(=O)C/C=C\CCC(O)C(O)C(CC(O)C(OS(=O)(=O)O)C(O)COS(=O)(=O)O)OS(=O)(=O)O)CC[C@H]5O)O4)O3)CC[C@H]2O[C@@H]1[C@@H](O)C[C@H](C)[C@H]1O[C@@]2(CC[C@H]1C)OCCC[C@H]2C. The molecule has 0 aliphatic carbocycles. The highest BCUT2D eigenvalue weighted by Gasteiger charge is 2.56. The van der Waals surface area contributed by atoms with Crippen molar-refractivity contribution in [1.29, 1.82) is 0 Å². The lowest BCUT2D eigenvalue weighted by molar-refractivity contribution is -0.334. The minimum atomic E-state index is -5.53. The summed E-state index contributed by atoms with van der Waals surface area (Å²) in [5.74, 6) is -4.24. The predicted molar refractivity (Wildman–Crippen MR) is 356 cm³/mol. The second kappa shape index (κ2) is 36.3. The number of ether oxygens (including phenoxy) is 9. The number of carbonyl (C=O) groups is 2. The van der Waals surface area contributed by atoms with Gasteiger partial charge in [0.2, 0.25) is 5.79 Å². The van der Waals surface area contributed by atoms with Gasteiger partial charge in [0, 0.05) is 43.9 Å². The van der Waals surface area contributed by atoms with E-state index in [1.54, 1.807) is 31.2 Å². The second-order valence-corrected chi connectivity index (χ2v) is 31.7. The normalized spacial score (nSPS) is 34.3. The fourth-order valence-corrected chi connectivity index (χ4v) is 15.7. The first-order valence-electron chi connectivity index (χ1n) is 34.6. The zero-order chi connectivity index (χ0) is 74.6. The molecule has 7 rings (SSSR count). The first-order chi connectivity index (χ1) is 47.1. The Morgan fingerprint density at radius 3 is 2.22 bits per heavy atom. The quantitative estimate of drug-likeness (QED) is 0.0142. The average molecular weight is 1500 g/mol. The molecular weight excluding hydrogens is 1400 g/mol. The van der Waals surface area contributed by atoms with Crippen molar-refractivity contribution in [3.63, 3.8) is 0 Å². The number of esters is 2. The molecule has 7 heterocycles. The molecule has 0 saturated carbocycles. The lowest BCUT2D eigenvalue weighted by atomic mass is 9.78. The molecule has 6 fully saturated rings. The number of hydrogen-bond donors (Lipinski definition) is 11. The molecule has 7 aliphatic rings. The van der Waals surface area contributed by atoms with Crippen LogP contribution in [-0.4, -0.2) is 239 Å². The summed E-state index contributed by atoms with van der Waals surface area (Å²) in [7, 11) is -16.2. The summed E-state index contributed by atoms with van der Waals surface area (Å²) in [6.45, 7) is 16.7. The average Bonchev–Trinajstić information content (AvgIpc) is 1.75. The van der Waals surface area contributed by atoms with Gasteiger partial charge in [-0.3, -0.25) is 18.5 Å². The van der Waals surface area contributed by atoms with Gasteiger partial charge < -0.3 is 83.5 Å². The first kappa shape index (κ1) is 84.6. The molecule has 0 aromatic heterocycles. The maximum Gasteiger partial charge on any atom is 0.397 e. The molecule has 0 radical (unpaired) electrons. The minimum Gasteiger partial charge on any atom is -0.465 e. The standard InChI is InChI=1S/C67H106O31S3/c1-39(16-11-10-14-30-87-56(73)19-13-9-12-18-48(68)58(75)54(97-100(81,82)83)34-50(70)61(98-101(84,85)86)51(71)38-90-99(78,79)80)37-88-63(76)64(8,77)36-47-22-23-55(72)67(93-47)35-40(2)32-53(94-67)41(3)20-21-46-25-27-65(92-46)28-26-52-62(95-65)57(74)45(7)60(91-52)49(69)33-43(5)59-42(4)24-29-66(96-59)44(6)17-15-31-89-66/h9-11,13,16,20-21,35,41-44,46-55,57-62,68-72,74-75,77H,7,12,14-15,17-19,22-34,36-38H2,1-6,8H3,(H,78,79,80)(H,81,82,83)(H,84,85,86)/b11-10+,13-9-,21-20+,39-16+/t41-,42-,43+,44-,46+,47+,48?,49+,50?,51?,52-,53+,54?,55-,57-,58?,59+,60+,61?,62-,64-,65-,66-,67-/m1/s1. The van der Waals surface area contributed by atoms with Crippen molar-refractivity contribution in [2.45, 2.75) is 285 Å². The summed E-state index contributed by atoms with van der Waals surface area (Å²) >= 11 is 0. The Labute approximate surface area is 591 Å². The molecule has 0 aromatic rings. The Morgan fingerprint density at radius 1 is 0.812 bits per heavy atom. The van der Waals surface area contributed by atoms with E-state index in [2.05, 4.69) is 39.9 Å². The highest BCUT2D eigenvalue weighted by molar-refractivity contribution is 7.81. The molecule has 34 heteroatoms. The zero-order valence-electron chi connectivity index (χ0n) is 58.2. The van der Waals surface area contributed by atoms with Gasteiger partial charge in [-0.15, -0.1) is 0 Å². The van der Waals surface area contributed by atoms with Crippen LogP contribution >= 0.6 is 0 Å². The molecule has 3 spiro atoms. The lowest BCUT2D eigenvalue weighted by Crippen LogP contribution is -2.60. The van der Waals surface area contributed by atoms with Gasteiger partial charge >= 0.3 is 43.1 Å². The van der Waals surface area contributed by atoms with E-state index in [0.29, 0.717) is 62.7 Å². The molecular formula is C67H106O31S3. The van der Waals surface area contributed by atoms with E-state index in [9.17, 15) is 80.2 Å². The van der Waals surface area contributed by atoms with Crippen LogP contribution < -0.4 is 0 Å². The van der Waals surface area contributed by atoms with Crippen LogP contribution in [0.5, 0.6) is 0 Å². The van der Waals surface area contributed by atoms with Crippen LogP contribution in [0.2, 0.25) is 0 Å². The van der Waals surface area contributed by atoms with E-state index in [4.69, 9.17) is 51.7 Å². The molecule has 7 aliphatic heterocycles. The van der Waals surface area contributed by atoms with Crippen molar-refractivity contribution < 1.29 is 145 Å². The van der Waals surface area contributed by atoms with Crippen LogP contribution in [0.4, 0.5) is 0 Å². The molecule has 6 saturated heterocycles. The third-order valence-corrected chi connectivity index (χ3v) is 21.3. The fraction of sp³-hybridized carbons (Fsp3) is 0.791. The Morgan fingerprint density at radius 2 is 1.52 bits per heavy atom. The zero-order valence-corrected chi connectivity index (χ0v) is 60.7. The largest absolute Gasteiger partial charge is 0.465 e. The van der Waals surface area contributed by atoms with Crippen LogP contribution in [0.3, 0.4) is 0 Å². The van der Waals surface area contributed by atoms with E-state index in [1.807, 2.05) is 26.0 Å². The fourth-order valence-electron chi connectivity index (χ4n) is 14.4. The third kappa shape index (κ3) is 24.5. The minimum absolute atomic E-state index is 0.00795. The van der Waals surface area contributed by atoms with Crippen molar-refractivity contribution in [3.8, 4) is 0 Å². The van der Waals surface area contributed by atoms with Gasteiger partial charge in [-0.25, -0.2) is 17.3 Å². The summed E-state index contributed by atoms with van der Waals surface area (Å²) in [4.78, 5) is 25.7.